The van der Waals surface area contributed by atoms with Crippen LogP contribution in [-0.2, 0) is 4.79 Å². The van der Waals surface area contributed by atoms with Crippen LogP contribution in [0.1, 0.15) is 81.9 Å². The molecule has 1 aliphatic carbocycles. The number of benzene rings is 1. The largest absolute Gasteiger partial charge is 0.393 e. The van der Waals surface area contributed by atoms with Crippen LogP contribution in [0.5, 0.6) is 0 Å². The zero-order valence-electron chi connectivity index (χ0n) is 17.4. The van der Waals surface area contributed by atoms with E-state index < -0.39 is 24.1 Å². The van der Waals surface area contributed by atoms with Gasteiger partial charge in [0.2, 0.25) is 0 Å². The zero-order valence-corrected chi connectivity index (χ0v) is 18.2. The van der Waals surface area contributed by atoms with Gasteiger partial charge in [0.15, 0.2) is 0 Å². The average Bonchev–Trinajstić information content (AvgIpc) is 2.91. The van der Waals surface area contributed by atoms with Gasteiger partial charge in [0.25, 0.3) is 0 Å². The number of halogens is 2. The summed E-state index contributed by atoms with van der Waals surface area (Å²) >= 11 is 5.86. The first-order chi connectivity index (χ1) is 13.7. The minimum absolute atomic E-state index is 0.0105. The van der Waals surface area contributed by atoms with Crippen molar-refractivity contribution in [2.24, 2.45) is 11.8 Å². The summed E-state index contributed by atoms with van der Waals surface area (Å²) in [5.74, 6) is -0.329. The zero-order chi connectivity index (χ0) is 21.6. The summed E-state index contributed by atoms with van der Waals surface area (Å²) < 4.78 is 13.5. The third-order valence-corrected chi connectivity index (χ3v) is 6.57. The molecule has 6 heteroatoms. The predicted molar refractivity (Wildman–Crippen MR) is 112 cm³/mol. The molecule has 29 heavy (non-hydrogen) atoms. The summed E-state index contributed by atoms with van der Waals surface area (Å²) in [5, 5.41) is 31.3. The van der Waals surface area contributed by atoms with Gasteiger partial charge in [0, 0.05) is 6.42 Å². The number of aliphatic hydroxyl groups is 3. The molecule has 1 saturated carbocycles. The van der Waals surface area contributed by atoms with Crippen LogP contribution in [-0.4, -0.2) is 33.3 Å². The fourth-order valence-electron chi connectivity index (χ4n) is 4.61. The number of hydrogen-bond acceptors (Lipinski definition) is 4. The number of hydrogen-bond donors (Lipinski definition) is 3. The van der Waals surface area contributed by atoms with Gasteiger partial charge in [0.1, 0.15) is 11.6 Å². The molecule has 0 aromatic heterocycles. The normalized spacial score (nSPS) is 25.3. The summed E-state index contributed by atoms with van der Waals surface area (Å²) in [5.41, 5.74) is 1.25. The molecule has 1 aliphatic rings. The van der Waals surface area contributed by atoms with Gasteiger partial charge in [-0.15, -0.1) is 0 Å². The van der Waals surface area contributed by atoms with Crippen LogP contribution in [0.4, 0.5) is 4.39 Å². The highest BCUT2D eigenvalue weighted by Crippen LogP contribution is 2.40. The highest BCUT2D eigenvalue weighted by atomic mass is 35.5. The summed E-state index contributed by atoms with van der Waals surface area (Å²) in [6, 6.07) is 2.79. The maximum absolute atomic E-state index is 13.5. The molecule has 1 aromatic carbocycles. The monoisotopic (exact) mass is 428 g/mol. The number of rotatable bonds is 11. The van der Waals surface area contributed by atoms with E-state index in [9.17, 15) is 24.5 Å². The van der Waals surface area contributed by atoms with Crippen molar-refractivity contribution in [1.82, 2.24) is 0 Å². The molecule has 1 unspecified atom stereocenters. The summed E-state index contributed by atoms with van der Waals surface area (Å²) in [6.45, 7) is 3.34. The fourth-order valence-corrected chi connectivity index (χ4v) is 4.79. The lowest BCUT2D eigenvalue weighted by Gasteiger charge is -2.25. The van der Waals surface area contributed by atoms with Gasteiger partial charge in [-0.25, -0.2) is 4.39 Å². The second-order valence-electron chi connectivity index (χ2n) is 8.57. The van der Waals surface area contributed by atoms with E-state index in [1.165, 1.54) is 12.1 Å². The molecule has 0 heterocycles. The van der Waals surface area contributed by atoms with E-state index in [1.807, 2.05) is 0 Å². The van der Waals surface area contributed by atoms with Crippen LogP contribution >= 0.6 is 11.6 Å². The van der Waals surface area contributed by atoms with Gasteiger partial charge in [-0.3, -0.25) is 0 Å². The second-order valence-corrected chi connectivity index (χ2v) is 8.98. The first kappa shape index (κ1) is 24.3. The Morgan fingerprint density at radius 2 is 1.76 bits per heavy atom. The standard InChI is InChI=1S/C23H34ClFO4/c1-14-11-20(25)19(24)12-18(14)21(27)10-9-17-16(22(28)13-23(17)29)8-6-4-3-5-7-15(2)26/h11-12,16-17,21-23,27-29H,3-10,13H2,1-2H3/t16-,17-,21?,22+,23-/m1/s1. The van der Waals surface area contributed by atoms with Crippen molar-refractivity contribution in [3.8, 4) is 0 Å². The molecule has 164 valence electrons. The van der Waals surface area contributed by atoms with Crippen molar-refractivity contribution in [2.75, 3.05) is 0 Å². The summed E-state index contributed by atoms with van der Waals surface area (Å²) in [4.78, 5) is 11.0. The lowest BCUT2D eigenvalue weighted by atomic mass is 9.84. The van der Waals surface area contributed by atoms with Gasteiger partial charge < -0.3 is 20.1 Å². The van der Waals surface area contributed by atoms with Crippen LogP contribution in [0.2, 0.25) is 5.02 Å². The predicted octanol–water partition coefficient (Wildman–Crippen LogP) is 4.89. The Balaban J connectivity index is 1.87. The maximum atomic E-state index is 13.5. The third-order valence-electron chi connectivity index (χ3n) is 6.28. The highest BCUT2D eigenvalue weighted by molar-refractivity contribution is 6.30. The van der Waals surface area contributed by atoms with Crippen molar-refractivity contribution >= 4 is 17.4 Å². The number of aliphatic hydroxyl groups excluding tert-OH is 3. The Bertz CT molecular complexity index is 681. The minimum atomic E-state index is -0.787. The summed E-state index contributed by atoms with van der Waals surface area (Å²) in [7, 11) is 0. The van der Waals surface area contributed by atoms with E-state index >= 15 is 0 Å². The third kappa shape index (κ3) is 7.02. The van der Waals surface area contributed by atoms with Gasteiger partial charge in [-0.2, -0.15) is 0 Å². The van der Waals surface area contributed by atoms with Crippen LogP contribution in [0.3, 0.4) is 0 Å². The Morgan fingerprint density at radius 3 is 2.41 bits per heavy atom. The number of unbranched alkanes of at least 4 members (excludes halogenated alkanes) is 3. The molecule has 3 N–H and O–H groups in total. The molecule has 1 aromatic rings. The minimum Gasteiger partial charge on any atom is -0.393 e. The molecule has 2 rings (SSSR count). The molecular formula is C23H34ClFO4. The van der Waals surface area contributed by atoms with Crippen molar-refractivity contribution in [2.45, 2.75) is 89.9 Å². The van der Waals surface area contributed by atoms with E-state index in [4.69, 9.17) is 11.6 Å². The molecule has 1 fully saturated rings. The highest BCUT2D eigenvalue weighted by Gasteiger charge is 2.40. The van der Waals surface area contributed by atoms with Crippen LogP contribution < -0.4 is 0 Å². The van der Waals surface area contributed by atoms with Crippen LogP contribution in [0, 0.1) is 24.6 Å². The topological polar surface area (TPSA) is 77.8 Å². The van der Waals surface area contributed by atoms with Crippen molar-refractivity contribution in [3.63, 3.8) is 0 Å². The van der Waals surface area contributed by atoms with Crippen molar-refractivity contribution in [3.05, 3.63) is 34.1 Å². The van der Waals surface area contributed by atoms with E-state index in [0.29, 0.717) is 36.8 Å². The number of carbonyl (C=O) groups is 1. The lowest BCUT2D eigenvalue weighted by Crippen LogP contribution is -2.23. The lowest BCUT2D eigenvalue weighted by molar-refractivity contribution is -0.117. The van der Waals surface area contributed by atoms with E-state index in [2.05, 4.69) is 0 Å². The molecule has 4 nitrogen and oxygen atoms in total. The first-order valence-electron chi connectivity index (χ1n) is 10.7. The van der Waals surface area contributed by atoms with E-state index in [-0.39, 0.29) is 22.6 Å². The van der Waals surface area contributed by atoms with Crippen LogP contribution in [0.15, 0.2) is 12.1 Å². The smallest absolute Gasteiger partial charge is 0.142 e. The molecule has 0 spiro atoms. The van der Waals surface area contributed by atoms with Gasteiger partial charge in [-0.05, 0) is 81.0 Å². The molecule has 5 atom stereocenters. The van der Waals surface area contributed by atoms with Gasteiger partial charge in [-0.1, -0.05) is 30.9 Å². The number of carbonyl (C=O) groups excluding carboxylic acids is 1. The quantitative estimate of drug-likeness (QED) is 0.438. The Morgan fingerprint density at radius 1 is 1.14 bits per heavy atom. The SMILES string of the molecule is CC(=O)CCCCCC[C@@H]1[C@@H](CCC(O)c2cc(Cl)c(F)cc2C)[C@H](O)C[C@@H]1O. The average molecular weight is 429 g/mol. The first-order valence-corrected chi connectivity index (χ1v) is 11.1. The van der Waals surface area contributed by atoms with Gasteiger partial charge in [0.05, 0.1) is 23.3 Å². The Labute approximate surface area is 178 Å². The molecule has 0 aliphatic heterocycles. The van der Waals surface area contributed by atoms with E-state index in [1.54, 1.807) is 13.8 Å². The number of ketones is 1. The fraction of sp³-hybridized carbons (Fsp3) is 0.696. The van der Waals surface area contributed by atoms with Crippen LogP contribution in [0.25, 0.3) is 0 Å². The van der Waals surface area contributed by atoms with Crippen molar-refractivity contribution in [1.29, 1.82) is 0 Å². The summed E-state index contributed by atoms with van der Waals surface area (Å²) in [6.07, 6.45) is 4.83. The molecule has 0 bridgehead atoms. The molecule has 0 amide bonds. The Hall–Kier alpha value is -1.01. The second kappa shape index (κ2) is 11.4. The number of aryl methyl sites for hydroxylation is 1. The van der Waals surface area contributed by atoms with Gasteiger partial charge >= 0.3 is 0 Å². The Kier molecular flexibility index (Phi) is 9.54. The van der Waals surface area contributed by atoms with Crippen molar-refractivity contribution < 1.29 is 24.5 Å². The number of Topliss-reactive ketones (excluding diaryl/α,β-unsaturated/α-hetero) is 1. The molecule has 0 saturated heterocycles. The molecular weight excluding hydrogens is 395 g/mol. The van der Waals surface area contributed by atoms with E-state index in [0.717, 1.165) is 32.1 Å². The molecule has 0 radical (unpaired) electrons. The maximum Gasteiger partial charge on any atom is 0.142 e.